The Morgan fingerprint density at radius 1 is 0.769 bits per heavy atom. The molecule has 2 rings (SSSR count). The number of hydrogen-bond acceptors (Lipinski definition) is 1. The van der Waals surface area contributed by atoms with Crippen LogP contribution >= 0.6 is 0 Å². The number of ether oxygens (including phenoxy) is 1. The van der Waals surface area contributed by atoms with Crippen molar-refractivity contribution in [3.05, 3.63) is 64.2 Å². The molecule has 0 heterocycles. The van der Waals surface area contributed by atoms with Crippen molar-refractivity contribution >= 4 is 0 Å². The summed E-state index contributed by atoms with van der Waals surface area (Å²) in [6, 6.07) is 7.58. The van der Waals surface area contributed by atoms with Gasteiger partial charge in [-0.05, 0) is 66.1 Å². The van der Waals surface area contributed by atoms with Gasteiger partial charge in [0.1, 0.15) is 17.4 Å². The van der Waals surface area contributed by atoms with E-state index in [2.05, 4.69) is 4.74 Å². The molecule has 0 aliphatic carbocycles. The van der Waals surface area contributed by atoms with Crippen molar-refractivity contribution in [3.63, 3.8) is 0 Å². The molecular weight excluding hydrogens is 344 g/mol. The second kappa shape index (κ2) is 9.60. The number of benzene rings is 2. The summed E-state index contributed by atoms with van der Waals surface area (Å²) in [4.78, 5) is 0. The van der Waals surface area contributed by atoms with Gasteiger partial charge in [0, 0.05) is 0 Å². The van der Waals surface area contributed by atoms with Gasteiger partial charge in [0.2, 0.25) is 0 Å². The molecule has 0 bridgehead atoms. The van der Waals surface area contributed by atoms with E-state index in [1.54, 1.807) is 26.8 Å². The first-order chi connectivity index (χ1) is 12.1. The van der Waals surface area contributed by atoms with E-state index in [1.165, 1.54) is 12.1 Å². The van der Waals surface area contributed by atoms with E-state index in [9.17, 15) is 17.6 Å². The summed E-state index contributed by atoms with van der Waals surface area (Å²) in [6.45, 7) is 8.26. The van der Waals surface area contributed by atoms with E-state index in [4.69, 9.17) is 0 Å². The summed E-state index contributed by atoms with van der Waals surface area (Å²) in [6.07, 6.45) is 0. The summed E-state index contributed by atoms with van der Waals surface area (Å²) in [5, 5.41) is 0. The first-order valence-electron chi connectivity index (χ1n) is 8.55. The molecule has 0 atom stereocenters. The third kappa shape index (κ3) is 5.75. The molecule has 0 fully saturated rings. The van der Waals surface area contributed by atoms with Crippen molar-refractivity contribution in [1.82, 2.24) is 0 Å². The minimum atomic E-state index is -2.88. The summed E-state index contributed by atoms with van der Waals surface area (Å²) in [5.74, 6) is -0.221. The van der Waals surface area contributed by atoms with Gasteiger partial charge in [-0.3, -0.25) is 0 Å². The highest BCUT2D eigenvalue weighted by Gasteiger charge is 2.16. The lowest BCUT2D eigenvalue weighted by Gasteiger charge is -2.15. The first-order valence-corrected chi connectivity index (χ1v) is 8.55. The molecule has 26 heavy (non-hydrogen) atoms. The largest absolute Gasteiger partial charge is 0.435 e. The van der Waals surface area contributed by atoms with Crippen LogP contribution in [0.2, 0.25) is 0 Å². The summed E-state index contributed by atoms with van der Waals surface area (Å²) in [7, 11) is 0. The highest BCUT2D eigenvalue weighted by molar-refractivity contribution is 5.41. The molecule has 0 N–H and O–H groups in total. The number of rotatable bonds is 4. The lowest BCUT2D eigenvalue weighted by Crippen LogP contribution is -2.06. The molecule has 2 aromatic rings. The van der Waals surface area contributed by atoms with E-state index in [1.807, 2.05) is 26.8 Å². The maximum atomic E-state index is 13.4. The Bertz CT molecular complexity index is 704. The number of aryl methyl sites for hydroxylation is 1. The fourth-order valence-corrected chi connectivity index (χ4v) is 2.98. The van der Waals surface area contributed by atoms with E-state index in [0.29, 0.717) is 11.1 Å². The van der Waals surface area contributed by atoms with Crippen LogP contribution < -0.4 is 4.74 Å². The molecular formula is C21H26F4O. The fourth-order valence-electron chi connectivity index (χ4n) is 2.98. The van der Waals surface area contributed by atoms with Crippen molar-refractivity contribution in [2.75, 3.05) is 0 Å². The number of halogens is 4. The Morgan fingerprint density at radius 3 is 1.73 bits per heavy atom. The SMILES string of the molecule is Cc1c(OC(F)F)ccc(F)c1C(C)C.Cc1cccc(F)c1C(C)C. The summed E-state index contributed by atoms with van der Waals surface area (Å²) >= 11 is 0. The van der Waals surface area contributed by atoms with Gasteiger partial charge in [-0.25, -0.2) is 8.78 Å². The Hall–Kier alpha value is -2.04. The molecule has 0 unspecified atom stereocenters. The van der Waals surface area contributed by atoms with Crippen LogP contribution in [-0.2, 0) is 0 Å². The first kappa shape index (κ1) is 22.0. The fraction of sp³-hybridized carbons (Fsp3) is 0.429. The molecule has 0 amide bonds. The van der Waals surface area contributed by atoms with Crippen LogP contribution in [0.3, 0.4) is 0 Å². The zero-order chi connectivity index (χ0) is 20.0. The molecule has 0 saturated carbocycles. The van der Waals surface area contributed by atoms with Crippen molar-refractivity contribution in [2.45, 2.75) is 60.0 Å². The van der Waals surface area contributed by atoms with Crippen LogP contribution in [0.25, 0.3) is 0 Å². The smallest absolute Gasteiger partial charge is 0.387 e. The van der Waals surface area contributed by atoms with E-state index in [0.717, 1.165) is 17.2 Å². The molecule has 0 radical (unpaired) electrons. The van der Waals surface area contributed by atoms with Gasteiger partial charge in [-0.1, -0.05) is 39.8 Å². The van der Waals surface area contributed by atoms with Crippen LogP contribution in [0.5, 0.6) is 5.75 Å². The van der Waals surface area contributed by atoms with Gasteiger partial charge in [-0.15, -0.1) is 0 Å². The Labute approximate surface area is 153 Å². The lowest BCUT2D eigenvalue weighted by molar-refractivity contribution is -0.0504. The molecule has 1 nitrogen and oxygen atoms in total. The van der Waals surface area contributed by atoms with Crippen molar-refractivity contribution < 1.29 is 22.3 Å². The van der Waals surface area contributed by atoms with Crippen LogP contribution in [0.1, 0.15) is 61.8 Å². The van der Waals surface area contributed by atoms with E-state index in [-0.39, 0.29) is 29.2 Å². The predicted octanol–water partition coefficient (Wildman–Crippen LogP) is 7.12. The van der Waals surface area contributed by atoms with Gasteiger partial charge in [0.15, 0.2) is 0 Å². The van der Waals surface area contributed by atoms with Gasteiger partial charge in [0.25, 0.3) is 0 Å². The summed E-state index contributed by atoms with van der Waals surface area (Å²) < 4.78 is 54.8. The molecule has 2 aromatic carbocycles. The highest BCUT2D eigenvalue weighted by atomic mass is 19.3. The molecule has 0 saturated heterocycles. The maximum absolute atomic E-state index is 13.4. The second-order valence-electron chi connectivity index (χ2n) is 6.74. The Balaban J connectivity index is 0.000000273. The van der Waals surface area contributed by atoms with Crippen LogP contribution in [0, 0.1) is 25.5 Å². The van der Waals surface area contributed by atoms with Gasteiger partial charge in [-0.2, -0.15) is 8.78 Å². The summed E-state index contributed by atoms with van der Waals surface area (Å²) in [5.41, 5.74) is 2.74. The molecule has 0 aliphatic rings. The van der Waals surface area contributed by atoms with Crippen LogP contribution in [0.15, 0.2) is 30.3 Å². The van der Waals surface area contributed by atoms with Gasteiger partial charge < -0.3 is 4.74 Å². The molecule has 0 aliphatic heterocycles. The molecule has 0 spiro atoms. The average molecular weight is 370 g/mol. The standard InChI is InChI=1S/C11H13F3O.C10H13F/c1-6(2)10-7(3)9(15-11(13)14)5-4-8(10)12;1-7(2)10-8(3)5-4-6-9(10)11/h4-6,11H,1-3H3;4-7H,1-3H3. The van der Waals surface area contributed by atoms with Gasteiger partial charge in [0.05, 0.1) is 0 Å². The van der Waals surface area contributed by atoms with Gasteiger partial charge >= 0.3 is 6.61 Å². The topological polar surface area (TPSA) is 9.23 Å². The Morgan fingerprint density at radius 2 is 1.31 bits per heavy atom. The van der Waals surface area contributed by atoms with Crippen molar-refractivity contribution in [2.24, 2.45) is 0 Å². The molecule has 5 heteroatoms. The lowest BCUT2D eigenvalue weighted by atomic mass is 9.97. The highest BCUT2D eigenvalue weighted by Crippen LogP contribution is 2.30. The second-order valence-corrected chi connectivity index (χ2v) is 6.74. The third-order valence-electron chi connectivity index (χ3n) is 4.05. The van der Waals surface area contributed by atoms with E-state index < -0.39 is 6.61 Å². The minimum absolute atomic E-state index is 0.0371. The number of alkyl halides is 2. The average Bonchev–Trinajstić information content (AvgIpc) is 2.50. The quantitative estimate of drug-likeness (QED) is 0.521. The van der Waals surface area contributed by atoms with E-state index >= 15 is 0 Å². The predicted molar refractivity (Wildman–Crippen MR) is 97.1 cm³/mol. The van der Waals surface area contributed by atoms with Crippen LogP contribution in [0.4, 0.5) is 17.6 Å². The normalized spacial score (nSPS) is 11.0. The Kier molecular flexibility index (Phi) is 8.12. The molecule has 144 valence electrons. The monoisotopic (exact) mass is 370 g/mol. The minimum Gasteiger partial charge on any atom is -0.435 e. The zero-order valence-electron chi connectivity index (χ0n) is 16.0. The zero-order valence-corrected chi connectivity index (χ0v) is 16.0. The van der Waals surface area contributed by atoms with Crippen LogP contribution in [-0.4, -0.2) is 6.61 Å². The van der Waals surface area contributed by atoms with Crippen molar-refractivity contribution in [1.29, 1.82) is 0 Å². The third-order valence-corrected chi connectivity index (χ3v) is 4.05. The van der Waals surface area contributed by atoms with Crippen molar-refractivity contribution in [3.8, 4) is 5.75 Å². The number of hydrogen-bond donors (Lipinski definition) is 0. The molecule has 0 aromatic heterocycles. The maximum Gasteiger partial charge on any atom is 0.387 e.